The Morgan fingerprint density at radius 3 is 1.74 bits per heavy atom. The van der Waals surface area contributed by atoms with Crippen LogP contribution in [0.5, 0.6) is 0 Å². The van der Waals surface area contributed by atoms with Crippen molar-refractivity contribution >= 4 is 28.9 Å². The Morgan fingerprint density at radius 1 is 0.871 bits per heavy atom. The van der Waals surface area contributed by atoms with E-state index in [-0.39, 0.29) is 12.1 Å². The quantitative estimate of drug-likeness (QED) is 0.368. The van der Waals surface area contributed by atoms with Crippen LogP contribution < -0.4 is 4.90 Å². The number of anilines is 1. The Balaban J connectivity index is 1.64. The molecule has 1 aliphatic heterocycles. The molecule has 1 saturated heterocycles. The van der Waals surface area contributed by atoms with Crippen molar-refractivity contribution < 1.29 is 13.3 Å². The maximum absolute atomic E-state index is 13.8. The van der Waals surface area contributed by atoms with E-state index in [0.717, 1.165) is 23.6 Å². The zero-order chi connectivity index (χ0) is 22.2. The molecule has 0 N–H and O–H groups in total. The van der Waals surface area contributed by atoms with E-state index >= 15 is 0 Å². The highest BCUT2D eigenvalue weighted by Crippen LogP contribution is 2.41. The van der Waals surface area contributed by atoms with E-state index in [1.165, 1.54) is 23.3 Å². The summed E-state index contributed by atoms with van der Waals surface area (Å²) >= 11 is 12.3. The van der Waals surface area contributed by atoms with Gasteiger partial charge in [-0.15, -0.1) is 0 Å². The molecule has 4 rings (SSSR count). The zero-order valence-corrected chi connectivity index (χ0v) is 19.0. The van der Waals surface area contributed by atoms with E-state index in [1.807, 2.05) is 31.2 Å². The summed E-state index contributed by atoms with van der Waals surface area (Å²) < 4.78 is 28.4. The number of halogens is 4. The maximum Gasteiger partial charge on any atom is 0.140 e. The maximum atomic E-state index is 13.8. The van der Waals surface area contributed by atoms with Crippen LogP contribution in [0.1, 0.15) is 24.1 Å². The van der Waals surface area contributed by atoms with E-state index < -0.39 is 11.6 Å². The molecule has 2 nitrogen and oxygen atoms in total. The normalized spacial score (nSPS) is 20.5. The van der Waals surface area contributed by atoms with Crippen molar-refractivity contribution in [2.24, 2.45) is 0 Å². The first-order chi connectivity index (χ1) is 14.8. The van der Waals surface area contributed by atoms with E-state index in [9.17, 15) is 8.78 Å². The summed E-state index contributed by atoms with van der Waals surface area (Å²) in [5, 5.41) is 1.40. The molecule has 0 radical (unpaired) electrons. The molecule has 0 amide bonds. The van der Waals surface area contributed by atoms with E-state index in [2.05, 4.69) is 36.2 Å². The number of rotatable bonds is 6. The fourth-order valence-electron chi connectivity index (χ4n) is 4.88. The minimum Gasteiger partial charge on any atom is -0.358 e. The van der Waals surface area contributed by atoms with Gasteiger partial charge in [0.05, 0.1) is 7.05 Å². The van der Waals surface area contributed by atoms with Gasteiger partial charge in [0, 0.05) is 39.5 Å². The molecule has 0 aromatic heterocycles. The minimum atomic E-state index is -0.551. The van der Waals surface area contributed by atoms with E-state index in [1.54, 1.807) is 0 Å². The summed E-state index contributed by atoms with van der Waals surface area (Å²) in [6.07, 6.45) is 0. The molecule has 162 valence electrons. The highest BCUT2D eigenvalue weighted by atomic mass is 35.5. The number of nitrogens with zero attached hydrogens (tertiary/aromatic N) is 2. The van der Waals surface area contributed by atoms with Crippen molar-refractivity contribution in [1.29, 1.82) is 0 Å². The van der Waals surface area contributed by atoms with Crippen molar-refractivity contribution in [3.8, 4) is 0 Å². The molecule has 1 fully saturated rings. The number of likely N-dealkylation sites (tertiary alicyclic amines) is 1. The predicted octanol–water partition coefficient (Wildman–Crippen LogP) is 6.72. The van der Waals surface area contributed by atoms with Gasteiger partial charge in [-0.2, -0.15) is 0 Å². The standard InChI is InChI=1S/C25H25Cl2F2N2/c1-3-30(23-13-21(28)12-22(29)14-23)24-15-31(2,16-24)25(17-4-8-19(26)9-5-17)18-6-10-20(27)11-7-18/h4-14,24-25H,3,15-16H2,1-2H3/q+1. The fraction of sp³-hybridized carbons (Fsp3) is 0.280. The summed E-state index contributed by atoms with van der Waals surface area (Å²) in [6, 6.07) is 20.0. The lowest BCUT2D eigenvalue weighted by Crippen LogP contribution is -2.70. The van der Waals surface area contributed by atoms with Gasteiger partial charge in [-0.3, -0.25) is 0 Å². The number of hydrogen-bond acceptors (Lipinski definition) is 1. The first kappa shape index (κ1) is 22.1. The van der Waals surface area contributed by atoms with Crippen LogP contribution in [0.2, 0.25) is 10.0 Å². The summed E-state index contributed by atoms with van der Waals surface area (Å²) in [5.41, 5.74) is 2.94. The van der Waals surface area contributed by atoms with E-state index in [4.69, 9.17) is 23.2 Å². The van der Waals surface area contributed by atoms with Crippen LogP contribution in [0.25, 0.3) is 0 Å². The SMILES string of the molecule is CCN(c1cc(F)cc(F)c1)C1C[N+](C)(C(c2ccc(Cl)cc2)c2ccc(Cl)cc2)C1. The van der Waals surface area contributed by atoms with Crippen LogP contribution in [0.15, 0.2) is 66.7 Å². The molecular formula is C25H25Cl2F2N2+. The highest BCUT2D eigenvalue weighted by Gasteiger charge is 2.49. The molecule has 0 saturated carbocycles. The minimum absolute atomic E-state index is 0.105. The second kappa shape index (κ2) is 8.78. The van der Waals surface area contributed by atoms with Crippen LogP contribution in [0.4, 0.5) is 14.5 Å². The van der Waals surface area contributed by atoms with Gasteiger partial charge in [0.2, 0.25) is 0 Å². The van der Waals surface area contributed by atoms with Gasteiger partial charge in [-0.1, -0.05) is 47.5 Å². The van der Waals surface area contributed by atoms with Crippen molar-refractivity contribution in [3.63, 3.8) is 0 Å². The molecule has 1 aliphatic rings. The Morgan fingerprint density at radius 2 is 1.32 bits per heavy atom. The molecule has 31 heavy (non-hydrogen) atoms. The average Bonchev–Trinajstić information content (AvgIpc) is 2.70. The van der Waals surface area contributed by atoms with Gasteiger partial charge >= 0.3 is 0 Å². The number of likely N-dealkylation sites (N-methyl/N-ethyl adjacent to an activating group) is 2. The molecule has 6 heteroatoms. The summed E-state index contributed by atoms with van der Waals surface area (Å²) in [7, 11) is 2.23. The molecule has 0 unspecified atom stereocenters. The average molecular weight is 462 g/mol. The van der Waals surface area contributed by atoms with Gasteiger partial charge in [-0.25, -0.2) is 8.78 Å². The Hall–Kier alpha value is -2.14. The van der Waals surface area contributed by atoms with Gasteiger partial charge in [-0.05, 0) is 43.3 Å². The summed E-state index contributed by atoms with van der Waals surface area (Å²) in [5.74, 6) is -1.10. The fourth-order valence-corrected chi connectivity index (χ4v) is 5.13. The first-order valence-corrected chi connectivity index (χ1v) is 11.1. The Kier molecular flexibility index (Phi) is 6.25. The van der Waals surface area contributed by atoms with E-state index in [0.29, 0.717) is 22.3 Å². The Bertz CT molecular complexity index is 982. The van der Waals surface area contributed by atoms with Crippen LogP contribution in [-0.4, -0.2) is 37.2 Å². The first-order valence-electron chi connectivity index (χ1n) is 10.4. The lowest BCUT2D eigenvalue weighted by Gasteiger charge is -2.55. The number of benzene rings is 3. The molecule has 0 atom stereocenters. The van der Waals surface area contributed by atoms with Crippen LogP contribution in [0.3, 0.4) is 0 Å². The topological polar surface area (TPSA) is 3.24 Å². The second-order valence-corrected chi connectivity index (χ2v) is 9.29. The number of quaternary nitrogens is 1. The van der Waals surface area contributed by atoms with Crippen molar-refractivity contribution in [2.45, 2.75) is 19.0 Å². The van der Waals surface area contributed by atoms with Crippen LogP contribution in [0, 0.1) is 11.6 Å². The summed E-state index contributed by atoms with van der Waals surface area (Å²) in [6.45, 7) is 4.39. The third kappa shape index (κ3) is 4.57. The largest absolute Gasteiger partial charge is 0.358 e. The Labute approximate surface area is 192 Å². The molecule has 1 heterocycles. The zero-order valence-electron chi connectivity index (χ0n) is 17.5. The third-order valence-corrected chi connectivity index (χ3v) is 6.71. The third-order valence-electron chi connectivity index (χ3n) is 6.21. The van der Waals surface area contributed by atoms with Crippen LogP contribution >= 0.6 is 23.2 Å². The van der Waals surface area contributed by atoms with Crippen molar-refractivity contribution in [2.75, 3.05) is 31.6 Å². The highest BCUT2D eigenvalue weighted by molar-refractivity contribution is 6.30. The number of hydrogen-bond donors (Lipinski definition) is 0. The van der Waals surface area contributed by atoms with Gasteiger partial charge in [0.1, 0.15) is 36.8 Å². The lowest BCUT2D eigenvalue weighted by molar-refractivity contribution is -0.970. The summed E-state index contributed by atoms with van der Waals surface area (Å²) in [4.78, 5) is 2.09. The molecule has 3 aromatic carbocycles. The molecule has 0 bridgehead atoms. The van der Waals surface area contributed by atoms with Gasteiger partial charge in [0.25, 0.3) is 0 Å². The molecule has 0 aliphatic carbocycles. The van der Waals surface area contributed by atoms with Gasteiger partial charge in [0.15, 0.2) is 0 Å². The van der Waals surface area contributed by atoms with Crippen LogP contribution in [-0.2, 0) is 0 Å². The van der Waals surface area contributed by atoms with Crippen molar-refractivity contribution in [1.82, 2.24) is 0 Å². The lowest BCUT2D eigenvalue weighted by atomic mass is 9.89. The predicted molar refractivity (Wildman–Crippen MR) is 124 cm³/mol. The molecule has 3 aromatic rings. The second-order valence-electron chi connectivity index (χ2n) is 8.42. The molecule has 0 spiro atoms. The molecular weight excluding hydrogens is 437 g/mol. The van der Waals surface area contributed by atoms with Crippen molar-refractivity contribution in [3.05, 3.63) is 99.5 Å². The van der Waals surface area contributed by atoms with Gasteiger partial charge < -0.3 is 9.38 Å². The smallest absolute Gasteiger partial charge is 0.140 e. The monoisotopic (exact) mass is 461 g/mol.